The number of carbonyl (C=O) groups excluding carboxylic acids is 1. The number of ether oxygens (including phenoxy) is 1. The van der Waals surface area contributed by atoms with Crippen LogP contribution in [0.5, 0.6) is 0 Å². The molecule has 0 radical (unpaired) electrons. The Bertz CT molecular complexity index is 647. The highest BCUT2D eigenvalue weighted by Gasteiger charge is 2.28. The number of carbonyl (C=O) groups is 1. The van der Waals surface area contributed by atoms with Gasteiger partial charge in [-0.1, -0.05) is 13.8 Å². The molecule has 1 amide bonds. The third-order valence-corrected chi connectivity index (χ3v) is 4.21. The molecule has 25 heavy (non-hydrogen) atoms. The zero-order valence-electron chi connectivity index (χ0n) is 15.5. The summed E-state index contributed by atoms with van der Waals surface area (Å²) in [6.45, 7) is 8.35. The van der Waals surface area contributed by atoms with Gasteiger partial charge in [0, 0.05) is 6.04 Å². The van der Waals surface area contributed by atoms with Crippen LogP contribution < -0.4 is 5.32 Å². The Morgan fingerprint density at radius 2 is 1.64 bits per heavy atom. The summed E-state index contributed by atoms with van der Waals surface area (Å²) in [6, 6.07) is -0.657. The van der Waals surface area contributed by atoms with Gasteiger partial charge in [0.25, 0.3) is 20.2 Å². The van der Waals surface area contributed by atoms with E-state index >= 15 is 0 Å². The van der Waals surface area contributed by atoms with Crippen LogP contribution in [0.1, 0.15) is 47.5 Å². The maximum Gasteiger partial charge on any atom is 0.407 e. The SMILES string of the molecule is CC(C)(COS(C)(=O)=O)CC(CCS(=O)(=O)O)NC(=O)OC(C)(C)C. The molecular formula is C14H29NO8S2. The van der Waals surface area contributed by atoms with E-state index in [1.165, 1.54) is 0 Å². The lowest BCUT2D eigenvalue weighted by Crippen LogP contribution is -2.43. The predicted octanol–water partition coefficient (Wildman–Crippen LogP) is 1.55. The Labute approximate surface area is 150 Å². The van der Waals surface area contributed by atoms with Crippen LogP contribution in [0.15, 0.2) is 0 Å². The van der Waals surface area contributed by atoms with Crippen molar-refractivity contribution in [2.45, 2.75) is 59.1 Å². The zero-order chi connectivity index (χ0) is 20.1. The lowest BCUT2D eigenvalue weighted by molar-refractivity contribution is 0.0479. The molecular weight excluding hydrogens is 374 g/mol. The van der Waals surface area contributed by atoms with Gasteiger partial charge in [-0.3, -0.25) is 8.74 Å². The van der Waals surface area contributed by atoms with Crippen molar-refractivity contribution >= 4 is 26.3 Å². The molecule has 0 aliphatic rings. The molecule has 0 spiro atoms. The number of amides is 1. The van der Waals surface area contributed by atoms with Crippen LogP contribution >= 0.6 is 0 Å². The number of hydrogen-bond donors (Lipinski definition) is 2. The minimum atomic E-state index is -4.20. The van der Waals surface area contributed by atoms with Gasteiger partial charge in [0.2, 0.25) is 0 Å². The number of hydrogen-bond acceptors (Lipinski definition) is 7. The molecule has 0 saturated carbocycles. The van der Waals surface area contributed by atoms with E-state index in [2.05, 4.69) is 5.32 Å². The van der Waals surface area contributed by atoms with Gasteiger partial charge >= 0.3 is 6.09 Å². The van der Waals surface area contributed by atoms with Crippen LogP contribution in [0.3, 0.4) is 0 Å². The highest BCUT2D eigenvalue weighted by molar-refractivity contribution is 7.86. The van der Waals surface area contributed by atoms with Gasteiger partial charge in [-0.2, -0.15) is 16.8 Å². The quantitative estimate of drug-likeness (QED) is 0.437. The second kappa shape index (κ2) is 8.65. The Hall–Kier alpha value is -0.910. The lowest BCUT2D eigenvalue weighted by Gasteiger charge is -2.30. The zero-order valence-corrected chi connectivity index (χ0v) is 17.2. The van der Waals surface area contributed by atoms with Gasteiger partial charge in [0.05, 0.1) is 18.6 Å². The van der Waals surface area contributed by atoms with E-state index in [9.17, 15) is 21.6 Å². The highest BCUT2D eigenvalue weighted by Crippen LogP contribution is 2.25. The van der Waals surface area contributed by atoms with E-state index < -0.39 is 49.1 Å². The predicted molar refractivity (Wildman–Crippen MR) is 93.4 cm³/mol. The van der Waals surface area contributed by atoms with Crippen molar-refractivity contribution in [3.8, 4) is 0 Å². The summed E-state index contributed by atoms with van der Waals surface area (Å²) < 4.78 is 63.1. The molecule has 11 heteroatoms. The monoisotopic (exact) mass is 403 g/mol. The molecule has 0 saturated heterocycles. The first-order valence-corrected chi connectivity index (χ1v) is 11.1. The summed E-state index contributed by atoms with van der Waals surface area (Å²) in [6.07, 6.45) is 0.364. The minimum absolute atomic E-state index is 0.0552. The Morgan fingerprint density at radius 3 is 2.04 bits per heavy atom. The van der Waals surface area contributed by atoms with E-state index in [-0.39, 0.29) is 19.4 Å². The van der Waals surface area contributed by atoms with Crippen LogP contribution in [0.4, 0.5) is 4.79 Å². The first-order chi connectivity index (χ1) is 10.9. The van der Waals surface area contributed by atoms with E-state index in [4.69, 9.17) is 13.5 Å². The van der Waals surface area contributed by atoms with Crippen LogP contribution in [0, 0.1) is 5.41 Å². The van der Waals surface area contributed by atoms with Crippen LogP contribution in [0.25, 0.3) is 0 Å². The Morgan fingerprint density at radius 1 is 1.12 bits per heavy atom. The van der Waals surface area contributed by atoms with Crippen molar-refractivity contribution in [2.75, 3.05) is 18.6 Å². The summed E-state index contributed by atoms with van der Waals surface area (Å²) >= 11 is 0. The fourth-order valence-corrected chi connectivity index (χ4v) is 3.10. The molecule has 0 aromatic carbocycles. The fourth-order valence-electron chi connectivity index (χ4n) is 1.98. The third kappa shape index (κ3) is 15.1. The molecule has 0 aromatic rings. The average Bonchev–Trinajstić information content (AvgIpc) is 2.29. The molecule has 2 N–H and O–H groups in total. The average molecular weight is 404 g/mol. The molecule has 150 valence electrons. The number of rotatable bonds is 9. The summed E-state index contributed by atoms with van der Waals surface area (Å²) in [5.74, 6) is -0.545. The molecule has 0 bridgehead atoms. The largest absolute Gasteiger partial charge is 0.444 e. The lowest BCUT2D eigenvalue weighted by atomic mass is 9.86. The van der Waals surface area contributed by atoms with Gasteiger partial charge in [0.15, 0.2) is 0 Å². The first kappa shape index (κ1) is 24.1. The van der Waals surface area contributed by atoms with Gasteiger partial charge in [0.1, 0.15) is 5.60 Å². The van der Waals surface area contributed by atoms with Crippen molar-refractivity contribution < 1.29 is 35.1 Å². The van der Waals surface area contributed by atoms with Crippen LogP contribution in [-0.2, 0) is 29.2 Å². The topological polar surface area (TPSA) is 136 Å². The van der Waals surface area contributed by atoms with E-state index in [0.29, 0.717) is 0 Å². The minimum Gasteiger partial charge on any atom is -0.444 e. The normalized spacial score (nSPS) is 14.8. The number of alkyl carbamates (subject to hydrolysis) is 1. The summed E-state index contributed by atoms with van der Waals surface area (Å²) in [4.78, 5) is 11.9. The van der Waals surface area contributed by atoms with E-state index in [1.807, 2.05) is 0 Å². The van der Waals surface area contributed by atoms with Gasteiger partial charge in [-0.25, -0.2) is 4.79 Å². The molecule has 0 heterocycles. The van der Waals surface area contributed by atoms with Crippen molar-refractivity contribution in [1.29, 1.82) is 0 Å². The summed E-state index contributed by atoms with van der Waals surface area (Å²) in [7, 11) is -7.82. The van der Waals surface area contributed by atoms with Gasteiger partial charge in [-0.15, -0.1) is 0 Å². The van der Waals surface area contributed by atoms with Crippen LogP contribution in [0.2, 0.25) is 0 Å². The van der Waals surface area contributed by atoms with E-state index in [0.717, 1.165) is 6.26 Å². The smallest absolute Gasteiger partial charge is 0.407 e. The maximum atomic E-state index is 11.9. The van der Waals surface area contributed by atoms with Crippen molar-refractivity contribution in [1.82, 2.24) is 5.32 Å². The molecule has 1 atom stereocenters. The van der Waals surface area contributed by atoms with Crippen molar-refractivity contribution in [3.63, 3.8) is 0 Å². The Kier molecular flexibility index (Phi) is 8.34. The van der Waals surface area contributed by atoms with Crippen LogP contribution in [-0.4, -0.2) is 57.7 Å². The van der Waals surface area contributed by atoms with Crippen molar-refractivity contribution in [2.24, 2.45) is 5.41 Å². The summed E-state index contributed by atoms with van der Waals surface area (Å²) in [5, 5.41) is 2.56. The molecule has 0 aliphatic carbocycles. The maximum absolute atomic E-state index is 11.9. The third-order valence-electron chi connectivity index (χ3n) is 2.91. The standard InChI is InChI=1S/C14H29NO8S2/c1-13(2,3)23-12(16)15-11(7-8-25(19,20)21)9-14(4,5)10-22-24(6,17)18/h11H,7-10H2,1-6H3,(H,15,16)(H,19,20,21). The molecule has 0 rings (SSSR count). The molecule has 9 nitrogen and oxygen atoms in total. The molecule has 0 fully saturated rings. The van der Waals surface area contributed by atoms with Gasteiger partial charge < -0.3 is 10.1 Å². The van der Waals surface area contributed by atoms with Crippen molar-refractivity contribution in [3.05, 3.63) is 0 Å². The highest BCUT2D eigenvalue weighted by atomic mass is 32.2. The Balaban J connectivity index is 5.01. The molecule has 0 aliphatic heterocycles. The van der Waals surface area contributed by atoms with E-state index in [1.54, 1.807) is 34.6 Å². The molecule has 0 aromatic heterocycles. The fraction of sp³-hybridized carbons (Fsp3) is 0.929. The number of nitrogens with one attached hydrogen (secondary N) is 1. The second-order valence-electron chi connectivity index (χ2n) is 7.75. The molecule has 1 unspecified atom stereocenters. The van der Waals surface area contributed by atoms with Gasteiger partial charge in [-0.05, 0) is 39.0 Å². The second-order valence-corrected chi connectivity index (χ2v) is 11.0. The summed E-state index contributed by atoms with van der Waals surface area (Å²) in [5.41, 5.74) is -1.41. The first-order valence-electron chi connectivity index (χ1n) is 7.68.